The molecule has 0 bridgehead atoms. The van der Waals surface area contributed by atoms with Gasteiger partial charge in [0.25, 0.3) is 0 Å². The zero-order chi connectivity index (χ0) is 8.01. The summed E-state index contributed by atoms with van der Waals surface area (Å²) < 4.78 is 4.97. The first-order valence-corrected chi connectivity index (χ1v) is 3.78. The van der Waals surface area contributed by atoms with Crippen molar-refractivity contribution in [3.63, 3.8) is 0 Å². The third-order valence-corrected chi connectivity index (χ3v) is 2.48. The van der Waals surface area contributed by atoms with Crippen molar-refractivity contribution < 1.29 is 14.6 Å². The highest BCUT2D eigenvalue weighted by atomic mass is 16.6. The molecule has 2 rings (SSSR count). The molecule has 0 radical (unpaired) electrons. The Bertz CT molecular complexity index is 221. The molecule has 0 aromatic heterocycles. The highest BCUT2D eigenvalue weighted by Crippen LogP contribution is 2.39. The minimum atomic E-state index is -0.418. The van der Waals surface area contributed by atoms with E-state index in [0.717, 1.165) is 12.8 Å². The molecule has 2 fully saturated rings. The minimum absolute atomic E-state index is 0.0926. The summed E-state index contributed by atoms with van der Waals surface area (Å²) in [7, 11) is 0. The Morgan fingerprint density at radius 1 is 1.55 bits per heavy atom. The number of aliphatic hydroxyl groups is 1. The molecule has 1 aliphatic heterocycles. The van der Waals surface area contributed by atoms with Gasteiger partial charge in [0.1, 0.15) is 6.10 Å². The number of fused-ring (bicyclic) bond motifs is 1. The van der Waals surface area contributed by atoms with E-state index in [1.54, 1.807) is 0 Å². The van der Waals surface area contributed by atoms with Gasteiger partial charge >= 0.3 is 5.97 Å². The Morgan fingerprint density at radius 2 is 2.27 bits per heavy atom. The zero-order valence-electron chi connectivity index (χ0n) is 6.12. The predicted molar refractivity (Wildman–Crippen MR) is 37.8 cm³/mol. The van der Waals surface area contributed by atoms with E-state index >= 15 is 0 Å². The average Bonchev–Trinajstić information content (AvgIpc) is 2.41. The van der Waals surface area contributed by atoms with Crippen LogP contribution in [0.4, 0.5) is 0 Å². The maximum atomic E-state index is 10.9. The summed E-state index contributed by atoms with van der Waals surface area (Å²) >= 11 is 0. The van der Waals surface area contributed by atoms with E-state index < -0.39 is 6.10 Å². The summed E-state index contributed by atoms with van der Waals surface area (Å²) in [6.07, 6.45) is 0.988. The number of rotatable bonds is 0. The third kappa shape index (κ3) is 0.807. The lowest BCUT2D eigenvalue weighted by Crippen LogP contribution is -2.18. The van der Waals surface area contributed by atoms with Crippen LogP contribution in [0.25, 0.3) is 0 Å². The summed E-state index contributed by atoms with van der Waals surface area (Å²) in [5.74, 6) is -0.457. The molecule has 3 nitrogen and oxygen atoms in total. The second-order valence-electron chi connectivity index (χ2n) is 3.14. The Labute approximate surface area is 64.7 Å². The van der Waals surface area contributed by atoms with Crippen LogP contribution in [0.5, 0.6) is 0 Å². The molecular formula is C8H10O3. The van der Waals surface area contributed by atoms with Gasteiger partial charge in [-0.3, -0.25) is 0 Å². The quantitative estimate of drug-likeness (QED) is 0.401. The molecule has 1 saturated carbocycles. The molecule has 1 N–H and O–H groups in total. The molecule has 3 atom stereocenters. The average molecular weight is 154 g/mol. The van der Waals surface area contributed by atoms with Crippen molar-refractivity contribution in [3.05, 3.63) is 12.2 Å². The predicted octanol–water partition coefficient (Wildman–Crippen LogP) is 0.239. The van der Waals surface area contributed by atoms with Crippen LogP contribution in [0.15, 0.2) is 12.2 Å². The summed E-state index contributed by atoms with van der Waals surface area (Å²) in [5, 5.41) is 9.39. The first-order chi connectivity index (χ1) is 5.20. The molecule has 1 heterocycles. The van der Waals surface area contributed by atoms with Gasteiger partial charge < -0.3 is 9.84 Å². The monoisotopic (exact) mass is 154 g/mol. The lowest BCUT2D eigenvalue weighted by Gasteiger charge is -2.09. The highest BCUT2D eigenvalue weighted by Gasteiger charge is 2.46. The van der Waals surface area contributed by atoms with Gasteiger partial charge in [-0.05, 0) is 12.8 Å². The minimum Gasteiger partial charge on any atom is -0.458 e. The topological polar surface area (TPSA) is 46.5 Å². The lowest BCUT2D eigenvalue weighted by atomic mass is 9.98. The maximum Gasteiger partial charge on any atom is 0.334 e. The van der Waals surface area contributed by atoms with Crippen LogP contribution in [0, 0.1) is 5.92 Å². The number of aliphatic hydroxyl groups excluding tert-OH is 1. The van der Waals surface area contributed by atoms with Crippen LogP contribution in [-0.2, 0) is 9.53 Å². The van der Waals surface area contributed by atoms with Gasteiger partial charge in [0.15, 0.2) is 0 Å². The van der Waals surface area contributed by atoms with E-state index in [-0.39, 0.29) is 18.0 Å². The zero-order valence-corrected chi connectivity index (χ0v) is 6.12. The number of hydrogen-bond donors (Lipinski definition) is 1. The molecular weight excluding hydrogens is 144 g/mol. The smallest absolute Gasteiger partial charge is 0.334 e. The Balaban J connectivity index is 2.26. The van der Waals surface area contributed by atoms with Crippen LogP contribution in [-0.4, -0.2) is 23.3 Å². The molecule has 11 heavy (non-hydrogen) atoms. The highest BCUT2D eigenvalue weighted by molar-refractivity contribution is 5.91. The first-order valence-electron chi connectivity index (χ1n) is 3.78. The summed E-state index contributed by atoms with van der Waals surface area (Å²) in [4.78, 5) is 10.9. The van der Waals surface area contributed by atoms with Crippen molar-refractivity contribution in [2.45, 2.75) is 25.0 Å². The summed E-state index contributed by atoms with van der Waals surface area (Å²) in [6.45, 7) is 3.59. The third-order valence-electron chi connectivity index (χ3n) is 2.48. The largest absolute Gasteiger partial charge is 0.458 e. The van der Waals surface area contributed by atoms with Crippen molar-refractivity contribution in [1.29, 1.82) is 0 Å². The second kappa shape index (κ2) is 2.08. The second-order valence-corrected chi connectivity index (χ2v) is 3.14. The van der Waals surface area contributed by atoms with Crippen LogP contribution < -0.4 is 0 Å². The Morgan fingerprint density at radius 3 is 2.91 bits per heavy atom. The maximum absolute atomic E-state index is 10.9. The van der Waals surface area contributed by atoms with Crippen LogP contribution >= 0.6 is 0 Å². The lowest BCUT2D eigenvalue weighted by molar-refractivity contribution is -0.138. The van der Waals surface area contributed by atoms with E-state index in [0.29, 0.717) is 5.57 Å². The van der Waals surface area contributed by atoms with Crippen LogP contribution in [0.2, 0.25) is 0 Å². The van der Waals surface area contributed by atoms with E-state index in [4.69, 9.17) is 4.74 Å². The van der Waals surface area contributed by atoms with Crippen molar-refractivity contribution in [3.8, 4) is 0 Å². The van der Waals surface area contributed by atoms with Gasteiger partial charge in [-0.25, -0.2) is 4.79 Å². The molecule has 0 aromatic carbocycles. The Hall–Kier alpha value is -0.830. The van der Waals surface area contributed by atoms with Gasteiger partial charge in [0.2, 0.25) is 0 Å². The molecule has 0 amide bonds. The summed E-state index contributed by atoms with van der Waals surface area (Å²) in [6, 6.07) is 0. The van der Waals surface area contributed by atoms with E-state index in [1.807, 2.05) is 0 Å². The van der Waals surface area contributed by atoms with Crippen LogP contribution in [0.1, 0.15) is 12.8 Å². The fraction of sp³-hybridized carbons (Fsp3) is 0.625. The molecule has 1 aliphatic carbocycles. The van der Waals surface area contributed by atoms with Gasteiger partial charge in [0.05, 0.1) is 12.0 Å². The van der Waals surface area contributed by atoms with Crippen molar-refractivity contribution >= 4 is 5.97 Å². The van der Waals surface area contributed by atoms with E-state index in [9.17, 15) is 9.90 Å². The van der Waals surface area contributed by atoms with Crippen molar-refractivity contribution in [1.82, 2.24) is 0 Å². The molecule has 2 aliphatic rings. The number of carbonyl (C=O) groups excluding carboxylic acids is 1. The van der Waals surface area contributed by atoms with Crippen molar-refractivity contribution in [2.24, 2.45) is 5.92 Å². The van der Waals surface area contributed by atoms with Gasteiger partial charge in [-0.15, -0.1) is 0 Å². The molecule has 3 heteroatoms. The number of esters is 1. The van der Waals surface area contributed by atoms with E-state index in [1.165, 1.54) is 0 Å². The van der Waals surface area contributed by atoms with Gasteiger partial charge in [-0.2, -0.15) is 0 Å². The standard InChI is InChI=1S/C8H10O3/c1-4-7-5(9)2-3-6(7)11-8(4)10/h5-7,9H,1-3H2/t5-,6-,7+/m0/s1. The van der Waals surface area contributed by atoms with E-state index in [2.05, 4.69) is 6.58 Å². The SMILES string of the molecule is C=C1C(=O)O[C@H]2CC[C@H](O)[C@@H]12. The first kappa shape index (κ1) is 6.85. The van der Waals surface area contributed by atoms with Crippen LogP contribution in [0.3, 0.4) is 0 Å². The normalized spacial score (nSPS) is 42.5. The molecule has 60 valence electrons. The number of ether oxygens (including phenoxy) is 1. The fourth-order valence-electron chi connectivity index (χ4n) is 1.88. The van der Waals surface area contributed by atoms with Crippen molar-refractivity contribution in [2.75, 3.05) is 0 Å². The van der Waals surface area contributed by atoms with Gasteiger partial charge in [0, 0.05) is 5.57 Å². The molecule has 0 unspecified atom stereocenters. The molecule has 0 aromatic rings. The molecule has 0 spiro atoms. The number of hydrogen-bond acceptors (Lipinski definition) is 3. The fourth-order valence-corrected chi connectivity index (χ4v) is 1.88. The molecule has 1 saturated heterocycles. The summed E-state index contributed by atoms with van der Waals surface area (Å²) in [5.41, 5.74) is 0.444. The number of carbonyl (C=O) groups is 1. The Kier molecular flexibility index (Phi) is 1.29. The van der Waals surface area contributed by atoms with Gasteiger partial charge in [-0.1, -0.05) is 6.58 Å².